The zero-order chi connectivity index (χ0) is 21.7. The molecule has 1 aliphatic heterocycles. The van der Waals surface area contributed by atoms with Gasteiger partial charge in [-0.1, -0.05) is 18.2 Å². The number of benzene rings is 2. The van der Waals surface area contributed by atoms with Gasteiger partial charge in [-0.25, -0.2) is 8.42 Å². The van der Waals surface area contributed by atoms with Crippen molar-refractivity contribution < 1.29 is 22.7 Å². The number of morpholine rings is 1. The summed E-state index contributed by atoms with van der Waals surface area (Å²) in [5.41, 5.74) is 1.85. The number of nitrogens with zero attached hydrogens (tertiary/aromatic N) is 1. The molecule has 0 aliphatic carbocycles. The molecule has 2 aromatic rings. The molecule has 1 fully saturated rings. The van der Waals surface area contributed by atoms with E-state index in [1.807, 2.05) is 38.1 Å². The minimum absolute atomic E-state index is 0.158. The van der Waals surface area contributed by atoms with Crippen LogP contribution in [0.1, 0.15) is 41.4 Å². The Morgan fingerprint density at radius 3 is 2.47 bits per heavy atom. The van der Waals surface area contributed by atoms with Crippen LogP contribution in [0.2, 0.25) is 0 Å². The predicted octanol–water partition coefficient (Wildman–Crippen LogP) is 2.91. The molecule has 0 spiro atoms. The van der Waals surface area contributed by atoms with E-state index in [1.165, 1.54) is 10.4 Å². The minimum Gasteiger partial charge on any atom is -0.494 e. The Balaban J connectivity index is 1.77. The van der Waals surface area contributed by atoms with E-state index in [0.29, 0.717) is 44.0 Å². The number of aryl methyl sites for hydroxylation is 1. The van der Waals surface area contributed by atoms with E-state index >= 15 is 0 Å². The lowest BCUT2D eigenvalue weighted by Gasteiger charge is -2.26. The molecule has 1 N–H and O–H groups in total. The lowest BCUT2D eigenvalue weighted by molar-refractivity contribution is 0.0730. The lowest BCUT2D eigenvalue weighted by Crippen LogP contribution is -2.41. The van der Waals surface area contributed by atoms with E-state index in [9.17, 15) is 13.2 Å². The Bertz CT molecular complexity index is 983. The summed E-state index contributed by atoms with van der Waals surface area (Å²) >= 11 is 0. The molecule has 0 aromatic heterocycles. The number of hydrogen-bond acceptors (Lipinski definition) is 5. The molecule has 2 aromatic carbocycles. The van der Waals surface area contributed by atoms with Crippen molar-refractivity contribution in [1.29, 1.82) is 0 Å². The van der Waals surface area contributed by atoms with Gasteiger partial charge in [0.2, 0.25) is 10.0 Å². The van der Waals surface area contributed by atoms with Crippen molar-refractivity contribution in [3.63, 3.8) is 0 Å². The first-order valence-electron chi connectivity index (χ1n) is 10.0. The lowest BCUT2D eigenvalue weighted by atomic mass is 10.1. The van der Waals surface area contributed by atoms with Crippen molar-refractivity contribution in [3.05, 3.63) is 59.2 Å². The number of nitrogens with one attached hydrogen (secondary N) is 1. The third kappa shape index (κ3) is 5.00. The van der Waals surface area contributed by atoms with Crippen molar-refractivity contribution in [2.45, 2.75) is 31.7 Å². The fourth-order valence-electron chi connectivity index (χ4n) is 3.33. The summed E-state index contributed by atoms with van der Waals surface area (Å²) in [5, 5.41) is 2.93. The summed E-state index contributed by atoms with van der Waals surface area (Å²) in [6.07, 6.45) is 0. The number of carbonyl (C=O) groups excluding carboxylic acids is 1. The maximum atomic E-state index is 13.0. The Morgan fingerprint density at radius 1 is 1.17 bits per heavy atom. The first-order valence-corrected chi connectivity index (χ1v) is 11.5. The fourth-order valence-corrected chi connectivity index (χ4v) is 4.99. The zero-order valence-corrected chi connectivity index (χ0v) is 18.4. The van der Waals surface area contributed by atoms with Gasteiger partial charge in [-0.3, -0.25) is 4.79 Å². The van der Waals surface area contributed by atoms with Gasteiger partial charge in [0.15, 0.2) is 0 Å². The molecule has 1 amide bonds. The van der Waals surface area contributed by atoms with Gasteiger partial charge in [0, 0.05) is 18.7 Å². The largest absolute Gasteiger partial charge is 0.494 e. The van der Waals surface area contributed by atoms with Gasteiger partial charge in [-0.05, 0) is 56.2 Å². The van der Waals surface area contributed by atoms with Crippen LogP contribution in [0.15, 0.2) is 47.4 Å². The van der Waals surface area contributed by atoms with Crippen LogP contribution in [0.4, 0.5) is 0 Å². The van der Waals surface area contributed by atoms with Crippen molar-refractivity contribution >= 4 is 15.9 Å². The number of carbonyl (C=O) groups is 1. The van der Waals surface area contributed by atoms with E-state index in [0.717, 1.165) is 11.3 Å². The molecule has 0 saturated carbocycles. The van der Waals surface area contributed by atoms with Crippen LogP contribution >= 0.6 is 0 Å². The maximum absolute atomic E-state index is 13.0. The van der Waals surface area contributed by atoms with E-state index in [2.05, 4.69) is 5.32 Å². The number of rotatable bonds is 7. The van der Waals surface area contributed by atoms with Gasteiger partial charge in [0.05, 0.1) is 30.8 Å². The molecule has 1 saturated heterocycles. The second kappa shape index (κ2) is 9.59. The molecule has 7 nitrogen and oxygen atoms in total. The average molecular weight is 433 g/mol. The fraction of sp³-hybridized carbons (Fsp3) is 0.409. The first-order chi connectivity index (χ1) is 14.3. The van der Waals surface area contributed by atoms with Crippen LogP contribution in [-0.2, 0) is 14.8 Å². The van der Waals surface area contributed by atoms with Crippen LogP contribution in [-0.4, -0.2) is 51.5 Å². The monoisotopic (exact) mass is 432 g/mol. The molecule has 30 heavy (non-hydrogen) atoms. The zero-order valence-electron chi connectivity index (χ0n) is 17.6. The van der Waals surface area contributed by atoms with Crippen LogP contribution in [0.5, 0.6) is 5.75 Å². The average Bonchev–Trinajstić information content (AvgIpc) is 2.75. The molecule has 1 atom stereocenters. The van der Waals surface area contributed by atoms with E-state index < -0.39 is 10.0 Å². The molecular weight excluding hydrogens is 404 g/mol. The van der Waals surface area contributed by atoms with Crippen LogP contribution < -0.4 is 10.1 Å². The highest BCUT2D eigenvalue weighted by atomic mass is 32.2. The number of sulfonamides is 1. The Morgan fingerprint density at radius 2 is 1.83 bits per heavy atom. The molecule has 1 aliphatic rings. The predicted molar refractivity (Wildman–Crippen MR) is 114 cm³/mol. The van der Waals surface area contributed by atoms with Crippen molar-refractivity contribution in [3.8, 4) is 5.75 Å². The summed E-state index contributed by atoms with van der Waals surface area (Å²) in [6, 6.07) is 12.1. The maximum Gasteiger partial charge on any atom is 0.251 e. The van der Waals surface area contributed by atoms with Crippen LogP contribution in [0.3, 0.4) is 0 Å². The SMILES string of the molecule is CCOc1ccc([C@H](C)NC(=O)c2ccc(C)c(S(=O)(=O)N3CCOCC3)c2)cc1. The highest BCUT2D eigenvalue weighted by molar-refractivity contribution is 7.89. The van der Waals surface area contributed by atoms with Gasteiger partial charge in [0.1, 0.15) is 5.75 Å². The second-order valence-corrected chi connectivity index (χ2v) is 9.10. The van der Waals surface area contributed by atoms with Gasteiger partial charge >= 0.3 is 0 Å². The smallest absolute Gasteiger partial charge is 0.251 e. The van der Waals surface area contributed by atoms with Gasteiger partial charge in [-0.15, -0.1) is 0 Å². The summed E-state index contributed by atoms with van der Waals surface area (Å²) in [7, 11) is -3.68. The van der Waals surface area contributed by atoms with E-state index in [-0.39, 0.29) is 16.8 Å². The third-order valence-corrected chi connectivity index (χ3v) is 7.12. The van der Waals surface area contributed by atoms with Gasteiger partial charge in [0.25, 0.3) is 5.91 Å². The highest BCUT2D eigenvalue weighted by Gasteiger charge is 2.28. The normalized spacial score (nSPS) is 16.1. The van der Waals surface area contributed by atoms with Crippen molar-refractivity contribution in [2.75, 3.05) is 32.9 Å². The molecule has 0 bridgehead atoms. The summed E-state index contributed by atoms with van der Waals surface area (Å²) < 4.78 is 38.2. The first kappa shape index (κ1) is 22.3. The van der Waals surface area contributed by atoms with Gasteiger partial charge < -0.3 is 14.8 Å². The van der Waals surface area contributed by atoms with Crippen molar-refractivity contribution in [2.24, 2.45) is 0 Å². The summed E-state index contributed by atoms with van der Waals surface area (Å²) in [4.78, 5) is 13.0. The van der Waals surface area contributed by atoms with Crippen LogP contribution in [0.25, 0.3) is 0 Å². The molecule has 1 heterocycles. The Hall–Kier alpha value is -2.42. The molecule has 3 rings (SSSR count). The Kier molecular flexibility index (Phi) is 7.12. The van der Waals surface area contributed by atoms with E-state index in [1.54, 1.807) is 19.1 Å². The van der Waals surface area contributed by atoms with Crippen LogP contribution in [0, 0.1) is 6.92 Å². The number of hydrogen-bond donors (Lipinski definition) is 1. The molecule has 0 unspecified atom stereocenters. The highest BCUT2D eigenvalue weighted by Crippen LogP contribution is 2.23. The number of ether oxygens (including phenoxy) is 2. The molecular formula is C22H28N2O5S. The van der Waals surface area contributed by atoms with Gasteiger partial charge in [-0.2, -0.15) is 4.31 Å². The van der Waals surface area contributed by atoms with Crippen molar-refractivity contribution in [1.82, 2.24) is 9.62 Å². The molecule has 8 heteroatoms. The topological polar surface area (TPSA) is 84.9 Å². The Labute approximate surface area is 178 Å². The summed E-state index contributed by atoms with van der Waals surface area (Å²) in [5.74, 6) is 0.450. The number of amides is 1. The standard InChI is InChI=1S/C22H28N2O5S/c1-4-29-20-9-7-18(8-10-20)17(3)23-22(25)19-6-5-16(2)21(15-19)30(26,27)24-11-13-28-14-12-24/h5-10,15,17H,4,11-14H2,1-3H3,(H,23,25)/t17-/m0/s1. The molecule has 162 valence electrons. The molecule has 0 radical (unpaired) electrons. The minimum atomic E-state index is -3.68. The second-order valence-electron chi connectivity index (χ2n) is 7.19. The third-order valence-electron chi connectivity index (χ3n) is 5.08. The quantitative estimate of drug-likeness (QED) is 0.727. The summed E-state index contributed by atoms with van der Waals surface area (Å²) in [6.45, 7) is 7.50. The van der Waals surface area contributed by atoms with E-state index in [4.69, 9.17) is 9.47 Å².